The molecule has 4 aromatic rings. The molecule has 1 unspecified atom stereocenters. The van der Waals surface area contributed by atoms with Crippen molar-refractivity contribution in [3.63, 3.8) is 0 Å². The van der Waals surface area contributed by atoms with Gasteiger partial charge in [0.2, 0.25) is 0 Å². The van der Waals surface area contributed by atoms with Crippen molar-refractivity contribution in [2.24, 2.45) is 0 Å². The molecule has 144 valence electrons. The van der Waals surface area contributed by atoms with Gasteiger partial charge >= 0.3 is 0 Å². The number of aryl methyl sites for hydroxylation is 1. The van der Waals surface area contributed by atoms with Crippen molar-refractivity contribution < 1.29 is 9.18 Å². The van der Waals surface area contributed by atoms with Gasteiger partial charge in [-0.25, -0.2) is 4.39 Å². The number of hydrogen-bond acceptors (Lipinski definition) is 2. The average molecular weight is 383 g/mol. The van der Waals surface area contributed by atoms with E-state index in [1.165, 1.54) is 12.1 Å². The summed E-state index contributed by atoms with van der Waals surface area (Å²) in [5, 5.41) is 5.51. The molecule has 29 heavy (non-hydrogen) atoms. The highest BCUT2D eigenvalue weighted by atomic mass is 19.1. The number of carbonyl (C=O) groups is 1. The van der Waals surface area contributed by atoms with E-state index in [-0.39, 0.29) is 11.6 Å². The molecule has 4 rings (SSSR count). The monoisotopic (exact) mass is 383 g/mol. The molecule has 0 spiro atoms. The fourth-order valence-electron chi connectivity index (χ4n) is 3.46. The second kappa shape index (κ2) is 8.27. The lowest BCUT2D eigenvalue weighted by Crippen LogP contribution is -2.32. The van der Waals surface area contributed by atoms with Crippen LogP contribution in [0.3, 0.4) is 0 Å². The Labute approximate surface area is 170 Å². The number of halogens is 1. The van der Waals surface area contributed by atoms with Gasteiger partial charge in [0.1, 0.15) is 5.82 Å². The molecule has 0 saturated heterocycles. The first-order valence-corrected chi connectivity index (χ1v) is 9.69. The highest BCUT2D eigenvalue weighted by molar-refractivity contribution is 6.04. The van der Waals surface area contributed by atoms with E-state index in [9.17, 15) is 9.18 Å². The summed E-state index contributed by atoms with van der Waals surface area (Å²) in [6.45, 7) is 2.03. The second-order valence-corrected chi connectivity index (χ2v) is 7.32. The molecule has 4 aromatic carbocycles. The van der Waals surface area contributed by atoms with Gasteiger partial charge in [0.05, 0.1) is 6.04 Å². The van der Waals surface area contributed by atoms with E-state index in [1.807, 2.05) is 73.7 Å². The number of nitrogens with one attached hydrogen (secondary N) is 1. The maximum atomic E-state index is 13.4. The van der Waals surface area contributed by atoms with E-state index < -0.39 is 6.04 Å². The molecule has 0 amide bonds. The Bertz CT molecular complexity index is 1090. The molecule has 0 aromatic heterocycles. The first-order valence-electron chi connectivity index (χ1n) is 9.69. The normalized spacial score (nSPS) is 11.9. The Morgan fingerprint density at radius 1 is 0.862 bits per heavy atom. The molecule has 0 aliphatic heterocycles. The molecule has 2 nitrogen and oxygen atoms in total. The maximum absolute atomic E-state index is 13.4. The van der Waals surface area contributed by atoms with Gasteiger partial charge in [-0.15, -0.1) is 0 Å². The van der Waals surface area contributed by atoms with Crippen LogP contribution in [-0.2, 0) is 6.42 Å². The number of carbonyl (C=O) groups excluding carboxylic acids is 1. The SMILES string of the molecule is Cc1ccc(NC(Cc2ccc(F)cc2)C(=O)c2ccc3ccccc3c2)cc1. The molecule has 1 N–H and O–H groups in total. The van der Waals surface area contributed by atoms with E-state index >= 15 is 0 Å². The molecule has 0 bridgehead atoms. The van der Waals surface area contributed by atoms with Crippen LogP contribution >= 0.6 is 0 Å². The predicted octanol–water partition coefficient (Wildman–Crippen LogP) is 6.19. The fourth-order valence-corrected chi connectivity index (χ4v) is 3.46. The largest absolute Gasteiger partial charge is 0.375 e. The lowest BCUT2D eigenvalue weighted by atomic mass is 9.95. The van der Waals surface area contributed by atoms with Gasteiger partial charge in [-0.2, -0.15) is 0 Å². The zero-order valence-electron chi connectivity index (χ0n) is 16.2. The molecule has 0 aliphatic rings. The smallest absolute Gasteiger partial charge is 0.185 e. The molecule has 0 heterocycles. The van der Waals surface area contributed by atoms with Gasteiger partial charge in [-0.05, 0) is 53.6 Å². The quantitative estimate of drug-likeness (QED) is 0.402. The Balaban J connectivity index is 1.65. The topological polar surface area (TPSA) is 29.1 Å². The predicted molar refractivity (Wildman–Crippen MR) is 117 cm³/mol. The molecule has 1 atom stereocenters. The van der Waals surface area contributed by atoms with Gasteiger partial charge in [-0.3, -0.25) is 4.79 Å². The summed E-state index contributed by atoms with van der Waals surface area (Å²) in [6, 6.07) is 27.6. The molecular formula is C26H22FNO. The third-order valence-electron chi connectivity index (χ3n) is 5.10. The van der Waals surface area contributed by atoms with Gasteiger partial charge in [-0.1, -0.05) is 66.2 Å². The minimum absolute atomic E-state index is 0.0145. The number of ketones is 1. The first kappa shape index (κ1) is 18.9. The zero-order chi connectivity index (χ0) is 20.2. The summed E-state index contributed by atoms with van der Waals surface area (Å²) in [5.41, 5.74) is 3.61. The number of rotatable bonds is 6. The maximum Gasteiger partial charge on any atom is 0.185 e. The minimum atomic E-state index is -0.454. The van der Waals surface area contributed by atoms with Crippen molar-refractivity contribution in [1.29, 1.82) is 0 Å². The van der Waals surface area contributed by atoms with Gasteiger partial charge in [0.15, 0.2) is 5.78 Å². The fraction of sp³-hybridized carbons (Fsp3) is 0.115. The summed E-state index contributed by atoms with van der Waals surface area (Å²) in [4.78, 5) is 13.4. The van der Waals surface area contributed by atoms with Crippen LogP contribution in [0.5, 0.6) is 0 Å². The van der Waals surface area contributed by atoms with E-state index in [1.54, 1.807) is 12.1 Å². The van der Waals surface area contributed by atoms with Crippen molar-refractivity contribution in [3.05, 3.63) is 114 Å². The van der Waals surface area contributed by atoms with E-state index in [0.29, 0.717) is 12.0 Å². The van der Waals surface area contributed by atoms with Crippen LogP contribution in [0.2, 0.25) is 0 Å². The summed E-state index contributed by atoms with van der Waals surface area (Å²) in [6.07, 6.45) is 0.472. The molecular weight excluding hydrogens is 361 g/mol. The van der Waals surface area contributed by atoms with Crippen LogP contribution in [0.1, 0.15) is 21.5 Å². The molecule has 0 fully saturated rings. The van der Waals surface area contributed by atoms with E-state index in [4.69, 9.17) is 0 Å². The Morgan fingerprint density at radius 2 is 1.55 bits per heavy atom. The third kappa shape index (κ3) is 4.52. The first-order chi connectivity index (χ1) is 14.1. The van der Waals surface area contributed by atoms with Crippen molar-refractivity contribution >= 4 is 22.2 Å². The highest BCUT2D eigenvalue weighted by Crippen LogP contribution is 2.20. The summed E-state index contributed by atoms with van der Waals surface area (Å²) in [5.74, 6) is -0.265. The van der Waals surface area contributed by atoms with Crippen molar-refractivity contribution in [2.75, 3.05) is 5.32 Å². The highest BCUT2D eigenvalue weighted by Gasteiger charge is 2.21. The second-order valence-electron chi connectivity index (χ2n) is 7.32. The lowest BCUT2D eigenvalue weighted by Gasteiger charge is -2.20. The van der Waals surface area contributed by atoms with Crippen molar-refractivity contribution in [1.82, 2.24) is 0 Å². The van der Waals surface area contributed by atoms with Crippen LogP contribution in [0.15, 0.2) is 91.0 Å². The van der Waals surface area contributed by atoms with E-state index in [2.05, 4.69) is 5.32 Å². The summed E-state index contributed by atoms with van der Waals surface area (Å²) in [7, 11) is 0. The van der Waals surface area contributed by atoms with Crippen LogP contribution in [0.4, 0.5) is 10.1 Å². The van der Waals surface area contributed by atoms with Crippen LogP contribution in [-0.4, -0.2) is 11.8 Å². The van der Waals surface area contributed by atoms with Gasteiger partial charge in [0.25, 0.3) is 0 Å². The number of anilines is 1. The number of fused-ring (bicyclic) bond motifs is 1. The molecule has 0 radical (unpaired) electrons. The van der Waals surface area contributed by atoms with Crippen LogP contribution < -0.4 is 5.32 Å². The van der Waals surface area contributed by atoms with Crippen LogP contribution in [0.25, 0.3) is 10.8 Å². The lowest BCUT2D eigenvalue weighted by molar-refractivity contribution is 0.0969. The van der Waals surface area contributed by atoms with E-state index in [0.717, 1.165) is 27.6 Å². The summed E-state index contributed by atoms with van der Waals surface area (Å²) >= 11 is 0. The number of Topliss-reactive ketones (excluding diaryl/α,β-unsaturated/α-hetero) is 1. The average Bonchev–Trinajstić information content (AvgIpc) is 2.75. The molecule has 0 saturated carbocycles. The Morgan fingerprint density at radius 3 is 2.28 bits per heavy atom. The molecule has 0 aliphatic carbocycles. The standard InChI is InChI=1S/C26H22FNO/c1-18-6-14-24(15-7-18)28-25(16-19-8-12-23(27)13-9-19)26(29)22-11-10-20-4-2-3-5-21(20)17-22/h2-15,17,25,28H,16H2,1H3. The van der Waals surface area contributed by atoms with Crippen LogP contribution in [0, 0.1) is 12.7 Å². The number of hydrogen-bond donors (Lipinski definition) is 1. The summed E-state index contributed by atoms with van der Waals surface area (Å²) < 4.78 is 13.3. The van der Waals surface area contributed by atoms with Crippen molar-refractivity contribution in [2.45, 2.75) is 19.4 Å². The Hall–Kier alpha value is -3.46. The minimum Gasteiger partial charge on any atom is -0.375 e. The van der Waals surface area contributed by atoms with Gasteiger partial charge < -0.3 is 5.32 Å². The zero-order valence-corrected chi connectivity index (χ0v) is 16.2. The number of benzene rings is 4. The van der Waals surface area contributed by atoms with Gasteiger partial charge in [0, 0.05) is 17.7 Å². The van der Waals surface area contributed by atoms with Crippen molar-refractivity contribution in [3.8, 4) is 0 Å². The molecule has 3 heteroatoms. The Kier molecular flexibility index (Phi) is 5.39. The third-order valence-corrected chi connectivity index (χ3v) is 5.10.